The maximum atomic E-state index is 13.4. The molecule has 5 nitrogen and oxygen atoms in total. The van der Waals surface area contributed by atoms with Crippen molar-refractivity contribution in [2.24, 2.45) is 5.41 Å². The van der Waals surface area contributed by atoms with Crippen LogP contribution in [0, 0.1) is 5.41 Å². The summed E-state index contributed by atoms with van der Waals surface area (Å²) >= 11 is 12.9. The van der Waals surface area contributed by atoms with Crippen LogP contribution in [0.5, 0.6) is 0 Å². The molecule has 0 fully saturated rings. The Labute approximate surface area is 191 Å². The van der Waals surface area contributed by atoms with Crippen LogP contribution in [0.15, 0.2) is 65.3 Å². The molecule has 1 atom stereocenters. The Bertz CT molecular complexity index is 1140. The van der Waals surface area contributed by atoms with Crippen LogP contribution in [0.1, 0.15) is 45.1 Å². The Morgan fingerprint density at radius 1 is 1.19 bits per heavy atom. The number of hydrogen-bond donors (Lipinski definition) is 2. The number of rotatable bonds is 3. The normalized spacial score (nSPS) is 20.3. The lowest BCUT2D eigenvalue weighted by atomic mass is 9.68. The Morgan fingerprint density at radius 3 is 2.68 bits per heavy atom. The number of ketones is 1. The van der Waals surface area contributed by atoms with Gasteiger partial charge in [0.2, 0.25) is 0 Å². The number of nitrogens with one attached hydrogen (secondary N) is 2. The van der Waals surface area contributed by atoms with Gasteiger partial charge in [0.1, 0.15) is 0 Å². The zero-order valence-electron chi connectivity index (χ0n) is 17.6. The number of carbonyl (C=O) groups is 2. The van der Waals surface area contributed by atoms with Gasteiger partial charge in [-0.25, -0.2) is 0 Å². The second-order valence-electron chi connectivity index (χ2n) is 8.77. The molecule has 1 unspecified atom stereocenters. The van der Waals surface area contributed by atoms with Crippen LogP contribution >= 0.6 is 23.2 Å². The number of amides is 1. The number of carbonyl (C=O) groups excluding carboxylic acids is 2. The molecule has 1 aromatic carbocycles. The number of pyridine rings is 1. The summed E-state index contributed by atoms with van der Waals surface area (Å²) in [6.45, 7) is 5.99. The van der Waals surface area contributed by atoms with Crippen LogP contribution in [0.25, 0.3) is 0 Å². The molecule has 2 aliphatic rings. The van der Waals surface area contributed by atoms with Gasteiger partial charge < -0.3 is 10.6 Å². The number of dihydropyridines is 1. The number of allylic oxidation sites excluding steroid dienone is 3. The average Bonchev–Trinajstić information content (AvgIpc) is 2.68. The average molecular weight is 456 g/mol. The van der Waals surface area contributed by atoms with Gasteiger partial charge in [-0.15, -0.1) is 0 Å². The van der Waals surface area contributed by atoms with Crippen LogP contribution in [-0.4, -0.2) is 16.7 Å². The number of nitrogens with zero attached hydrogens (tertiary/aromatic N) is 1. The van der Waals surface area contributed by atoms with Crippen molar-refractivity contribution >= 4 is 40.6 Å². The van der Waals surface area contributed by atoms with Crippen molar-refractivity contribution in [1.29, 1.82) is 0 Å². The first-order valence-corrected chi connectivity index (χ1v) is 10.8. The highest BCUT2D eigenvalue weighted by Crippen LogP contribution is 2.48. The van der Waals surface area contributed by atoms with Gasteiger partial charge in [-0.05, 0) is 42.5 Å². The first-order chi connectivity index (χ1) is 14.7. The maximum Gasteiger partial charge on any atom is 0.254 e. The molecule has 1 aromatic heterocycles. The highest BCUT2D eigenvalue weighted by Gasteiger charge is 2.43. The van der Waals surface area contributed by atoms with Gasteiger partial charge in [0.15, 0.2) is 5.78 Å². The highest BCUT2D eigenvalue weighted by atomic mass is 35.5. The van der Waals surface area contributed by atoms with Crippen molar-refractivity contribution in [3.05, 3.63) is 80.9 Å². The lowest BCUT2D eigenvalue weighted by Crippen LogP contribution is -2.39. The third-order valence-corrected chi connectivity index (χ3v) is 6.53. The second kappa shape index (κ2) is 8.13. The summed E-state index contributed by atoms with van der Waals surface area (Å²) in [5, 5.41) is 6.96. The van der Waals surface area contributed by atoms with E-state index in [9.17, 15) is 9.59 Å². The molecule has 7 heteroatoms. The zero-order chi connectivity index (χ0) is 22.3. The number of aromatic nitrogens is 1. The Morgan fingerprint density at radius 2 is 1.97 bits per heavy atom. The smallest absolute Gasteiger partial charge is 0.254 e. The van der Waals surface area contributed by atoms with Gasteiger partial charge in [-0.1, -0.05) is 49.2 Å². The Hall–Kier alpha value is -2.63. The van der Waals surface area contributed by atoms with Crippen molar-refractivity contribution in [1.82, 2.24) is 10.3 Å². The summed E-state index contributed by atoms with van der Waals surface area (Å²) in [6, 6.07) is 8.81. The molecule has 2 N–H and O–H groups in total. The molecule has 2 heterocycles. The minimum Gasteiger partial charge on any atom is -0.362 e. The molecule has 160 valence electrons. The van der Waals surface area contributed by atoms with Crippen molar-refractivity contribution < 1.29 is 9.59 Å². The minimum atomic E-state index is -0.609. The fourth-order valence-corrected chi connectivity index (χ4v) is 4.84. The van der Waals surface area contributed by atoms with E-state index < -0.39 is 5.92 Å². The van der Waals surface area contributed by atoms with Gasteiger partial charge in [0.05, 0.1) is 21.9 Å². The van der Waals surface area contributed by atoms with E-state index in [2.05, 4.69) is 29.5 Å². The summed E-state index contributed by atoms with van der Waals surface area (Å²) in [6.07, 6.45) is 4.32. The van der Waals surface area contributed by atoms with Crippen molar-refractivity contribution in [3.8, 4) is 0 Å². The quantitative estimate of drug-likeness (QED) is 0.628. The van der Waals surface area contributed by atoms with E-state index >= 15 is 0 Å². The van der Waals surface area contributed by atoms with E-state index in [1.807, 2.05) is 13.0 Å². The predicted octanol–water partition coefficient (Wildman–Crippen LogP) is 5.63. The highest BCUT2D eigenvalue weighted by molar-refractivity contribution is 6.42. The molecule has 2 aromatic rings. The molecule has 0 bridgehead atoms. The molecular weight excluding hydrogens is 433 g/mol. The molecule has 1 aliphatic heterocycles. The van der Waals surface area contributed by atoms with Gasteiger partial charge in [0, 0.05) is 41.1 Å². The Balaban J connectivity index is 1.86. The van der Waals surface area contributed by atoms with Gasteiger partial charge >= 0.3 is 0 Å². The fraction of sp³-hybridized carbons (Fsp3) is 0.292. The molecule has 0 spiro atoms. The number of hydrogen-bond acceptors (Lipinski definition) is 4. The van der Waals surface area contributed by atoms with Crippen LogP contribution in [0.2, 0.25) is 10.0 Å². The van der Waals surface area contributed by atoms with Crippen molar-refractivity contribution in [2.45, 2.75) is 39.5 Å². The number of halogens is 2. The summed E-state index contributed by atoms with van der Waals surface area (Å²) in [5.74, 6) is -0.912. The standard InChI is InChI=1S/C24H23Cl2N3O2/c1-13-19(23(31)29-14-6-5-9-27-12-14)20(15-7-4-8-16(25)22(15)26)21-17(28-13)10-24(2,3)11-18(21)30/h4-9,12,20,28H,10-11H2,1-3H3,(H,29,31). The first kappa shape index (κ1) is 21.6. The third kappa shape index (κ3) is 4.12. The predicted molar refractivity (Wildman–Crippen MR) is 123 cm³/mol. The lowest BCUT2D eigenvalue weighted by Gasteiger charge is -2.39. The first-order valence-electron chi connectivity index (χ1n) is 10.1. The molecular formula is C24H23Cl2N3O2. The van der Waals surface area contributed by atoms with Crippen molar-refractivity contribution in [2.75, 3.05) is 5.32 Å². The Kier molecular flexibility index (Phi) is 5.67. The van der Waals surface area contributed by atoms with E-state index in [0.29, 0.717) is 51.0 Å². The number of anilines is 1. The van der Waals surface area contributed by atoms with Crippen LogP contribution in [-0.2, 0) is 9.59 Å². The van der Waals surface area contributed by atoms with E-state index in [4.69, 9.17) is 23.2 Å². The van der Waals surface area contributed by atoms with E-state index in [1.165, 1.54) is 0 Å². The summed E-state index contributed by atoms with van der Waals surface area (Å²) < 4.78 is 0. The van der Waals surface area contributed by atoms with E-state index in [-0.39, 0.29) is 17.1 Å². The van der Waals surface area contributed by atoms with Crippen LogP contribution < -0.4 is 10.6 Å². The summed E-state index contributed by atoms with van der Waals surface area (Å²) in [7, 11) is 0. The van der Waals surface area contributed by atoms with E-state index in [0.717, 1.165) is 5.70 Å². The van der Waals surface area contributed by atoms with Gasteiger partial charge in [0.25, 0.3) is 5.91 Å². The summed E-state index contributed by atoms with van der Waals surface area (Å²) in [5.41, 5.74) is 3.61. The number of benzene rings is 1. The second-order valence-corrected chi connectivity index (χ2v) is 9.55. The molecule has 0 saturated carbocycles. The van der Waals surface area contributed by atoms with E-state index in [1.54, 1.807) is 36.7 Å². The molecule has 31 heavy (non-hydrogen) atoms. The third-order valence-electron chi connectivity index (χ3n) is 5.70. The largest absolute Gasteiger partial charge is 0.362 e. The molecule has 4 rings (SSSR count). The lowest BCUT2D eigenvalue weighted by molar-refractivity contribution is -0.118. The number of Topliss-reactive ketones (excluding diaryl/α,β-unsaturated/α-hetero) is 1. The molecule has 0 saturated heterocycles. The fourth-order valence-electron chi connectivity index (χ4n) is 4.43. The molecule has 1 aliphatic carbocycles. The van der Waals surface area contributed by atoms with Crippen molar-refractivity contribution in [3.63, 3.8) is 0 Å². The summed E-state index contributed by atoms with van der Waals surface area (Å²) in [4.78, 5) is 30.8. The van der Waals surface area contributed by atoms with Crippen LogP contribution in [0.3, 0.4) is 0 Å². The van der Waals surface area contributed by atoms with Crippen LogP contribution in [0.4, 0.5) is 5.69 Å². The molecule has 1 amide bonds. The minimum absolute atomic E-state index is 0.0129. The monoisotopic (exact) mass is 455 g/mol. The topological polar surface area (TPSA) is 71.1 Å². The zero-order valence-corrected chi connectivity index (χ0v) is 19.1. The maximum absolute atomic E-state index is 13.4. The SMILES string of the molecule is CC1=C(C(=O)Nc2cccnc2)C(c2cccc(Cl)c2Cl)C2=C(CC(C)(C)CC2=O)N1. The van der Waals surface area contributed by atoms with Gasteiger partial charge in [-0.3, -0.25) is 14.6 Å². The van der Waals surface area contributed by atoms with Gasteiger partial charge in [-0.2, -0.15) is 0 Å². The molecule has 0 radical (unpaired) electrons.